The Hall–Kier alpha value is -2.50. The molecule has 0 aliphatic rings. The maximum absolute atomic E-state index is 14.0. The Labute approximate surface area is 159 Å². The molecule has 0 aliphatic heterocycles. The predicted octanol–water partition coefficient (Wildman–Crippen LogP) is 6.04. The van der Waals surface area contributed by atoms with Crippen molar-refractivity contribution >= 4 is 33.2 Å². The van der Waals surface area contributed by atoms with E-state index >= 15 is 0 Å². The molecule has 0 fully saturated rings. The fraction of sp³-hybridized carbons (Fsp3) is 0.100. The summed E-state index contributed by atoms with van der Waals surface area (Å²) < 4.78 is 19.8. The average Bonchev–Trinajstić information content (AvgIpc) is 3.07. The topological polar surface area (TPSA) is 35.0 Å². The van der Waals surface area contributed by atoms with Gasteiger partial charge in [0.25, 0.3) is 0 Å². The maximum atomic E-state index is 14.0. The Bertz CT molecular complexity index is 1060. The first-order valence-corrected chi connectivity index (χ1v) is 9.24. The van der Waals surface area contributed by atoms with Crippen LogP contribution in [0.2, 0.25) is 5.02 Å². The third-order valence-electron chi connectivity index (χ3n) is 4.11. The van der Waals surface area contributed by atoms with Crippen LogP contribution in [0.5, 0.6) is 5.88 Å². The Morgan fingerprint density at radius 1 is 1.12 bits per heavy atom. The molecule has 130 valence electrons. The van der Waals surface area contributed by atoms with E-state index in [2.05, 4.69) is 34.2 Å². The van der Waals surface area contributed by atoms with Crippen molar-refractivity contribution in [2.75, 3.05) is 0 Å². The van der Waals surface area contributed by atoms with Crippen LogP contribution in [-0.2, 0) is 6.61 Å². The zero-order valence-corrected chi connectivity index (χ0v) is 15.4. The fourth-order valence-corrected chi connectivity index (χ4v) is 3.84. The Balaban J connectivity index is 1.74. The molecule has 2 aromatic heterocycles. The number of nitrogens with zero attached hydrogens (tertiary/aromatic N) is 2. The van der Waals surface area contributed by atoms with Crippen LogP contribution >= 0.6 is 22.9 Å². The highest BCUT2D eigenvalue weighted by Gasteiger charge is 2.15. The van der Waals surface area contributed by atoms with Gasteiger partial charge in [0, 0.05) is 16.5 Å². The molecule has 3 nitrogen and oxygen atoms in total. The highest BCUT2D eigenvalue weighted by molar-refractivity contribution is 7.17. The Morgan fingerprint density at radius 3 is 2.69 bits per heavy atom. The first-order chi connectivity index (χ1) is 12.6. The van der Waals surface area contributed by atoms with Crippen LogP contribution in [0.4, 0.5) is 4.39 Å². The van der Waals surface area contributed by atoms with Gasteiger partial charge in [-0.25, -0.2) is 14.4 Å². The molecule has 4 aromatic rings. The van der Waals surface area contributed by atoms with E-state index in [0.717, 1.165) is 21.3 Å². The smallest absolute Gasteiger partial charge is 0.226 e. The number of benzene rings is 2. The van der Waals surface area contributed by atoms with E-state index in [4.69, 9.17) is 16.3 Å². The molecule has 2 heterocycles. The lowest BCUT2D eigenvalue weighted by Crippen LogP contribution is -2.01. The van der Waals surface area contributed by atoms with Crippen molar-refractivity contribution in [1.82, 2.24) is 9.97 Å². The van der Waals surface area contributed by atoms with Crippen molar-refractivity contribution in [3.05, 3.63) is 76.1 Å². The van der Waals surface area contributed by atoms with Gasteiger partial charge in [0.15, 0.2) is 0 Å². The van der Waals surface area contributed by atoms with Gasteiger partial charge >= 0.3 is 0 Å². The van der Waals surface area contributed by atoms with Crippen LogP contribution in [0.3, 0.4) is 0 Å². The van der Waals surface area contributed by atoms with Crippen molar-refractivity contribution < 1.29 is 9.13 Å². The number of halogens is 2. The third kappa shape index (κ3) is 3.16. The second-order valence-electron chi connectivity index (χ2n) is 5.86. The highest BCUT2D eigenvalue weighted by atomic mass is 35.5. The molecule has 26 heavy (non-hydrogen) atoms. The molecule has 0 atom stereocenters. The van der Waals surface area contributed by atoms with Gasteiger partial charge in [-0.3, -0.25) is 0 Å². The normalized spacial score (nSPS) is 11.0. The lowest BCUT2D eigenvalue weighted by molar-refractivity contribution is 0.292. The SMILES string of the molecule is Cc1ccc(-c2csc3ncnc(OCc4c(F)cccc4Cl)c23)cc1. The first kappa shape index (κ1) is 16.9. The third-order valence-corrected chi connectivity index (χ3v) is 5.35. The molecule has 0 aliphatic carbocycles. The molecule has 0 saturated heterocycles. The Morgan fingerprint density at radius 2 is 1.92 bits per heavy atom. The molecule has 0 N–H and O–H groups in total. The minimum absolute atomic E-state index is 0.000798. The fourth-order valence-electron chi connectivity index (χ4n) is 2.71. The zero-order valence-electron chi connectivity index (χ0n) is 13.9. The number of hydrogen-bond acceptors (Lipinski definition) is 4. The molecule has 2 aromatic carbocycles. The zero-order chi connectivity index (χ0) is 18.1. The second kappa shape index (κ2) is 7.02. The summed E-state index contributed by atoms with van der Waals surface area (Å²) in [7, 11) is 0. The van der Waals surface area contributed by atoms with Crippen molar-refractivity contribution in [3.8, 4) is 17.0 Å². The largest absolute Gasteiger partial charge is 0.472 e. The van der Waals surface area contributed by atoms with E-state index in [-0.39, 0.29) is 6.61 Å². The van der Waals surface area contributed by atoms with Gasteiger partial charge in [-0.2, -0.15) is 0 Å². The summed E-state index contributed by atoms with van der Waals surface area (Å²) in [6.07, 6.45) is 1.45. The van der Waals surface area contributed by atoms with Crippen molar-refractivity contribution in [3.63, 3.8) is 0 Å². The van der Waals surface area contributed by atoms with E-state index < -0.39 is 5.82 Å². The van der Waals surface area contributed by atoms with E-state index in [1.807, 2.05) is 12.3 Å². The molecule has 0 radical (unpaired) electrons. The molecule has 0 bridgehead atoms. The number of ether oxygens (including phenoxy) is 1. The predicted molar refractivity (Wildman–Crippen MR) is 103 cm³/mol. The summed E-state index contributed by atoms with van der Waals surface area (Å²) >= 11 is 7.61. The monoisotopic (exact) mass is 384 g/mol. The van der Waals surface area contributed by atoms with Gasteiger partial charge in [0.2, 0.25) is 5.88 Å². The van der Waals surface area contributed by atoms with E-state index in [1.54, 1.807) is 12.1 Å². The Kier molecular flexibility index (Phi) is 4.57. The number of hydrogen-bond donors (Lipinski definition) is 0. The molecule has 0 spiro atoms. The van der Waals surface area contributed by atoms with E-state index in [9.17, 15) is 4.39 Å². The van der Waals surface area contributed by atoms with Gasteiger partial charge in [-0.15, -0.1) is 11.3 Å². The second-order valence-corrected chi connectivity index (χ2v) is 7.13. The van der Waals surface area contributed by atoms with Crippen LogP contribution in [0.25, 0.3) is 21.3 Å². The van der Waals surface area contributed by atoms with Crippen LogP contribution in [0.15, 0.2) is 54.2 Å². The molecule has 0 saturated carbocycles. The number of fused-ring (bicyclic) bond motifs is 1. The molecule has 0 amide bonds. The number of aromatic nitrogens is 2. The number of rotatable bonds is 4. The summed E-state index contributed by atoms with van der Waals surface area (Å²) in [4.78, 5) is 9.41. The van der Waals surface area contributed by atoms with Gasteiger partial charge in [0.1, 0.15) is 23.6 Å². The summed E-state index contributed by atoms with van der Waals surface area (Å²) in [5.74, 6) is 0.0259. The van der Waals surface area contributed by atoms with Gasteiger partial charge in [0.05, 0.1) is 10.4 Å². The average molecular weight is 385 g/mol. The quantitative estimate of drug-likeness (QED) is 0.430. The van der Waals surface area contributed by atoms with Crippen LogP contribution in [-0.4, -0.2) is 9.97 Å². The van der Waals surface area contributed by atoms with Crippen LogP contribution in [0, 0.1) is 12.7 Å². The van der Waals surface area contributed by atoms with Crippen molar-refractivity contribution in [2.24, 2.45) is 0 Å². The minimum atomic E-state index is -0.396. The summed E-state index contributed by atoms with van der Waals surface area (Å²) in [6, 6.07) is 12.8. The highest BCUT2D eigenvalue weighted by Crippen LogP contribution is 2.38. The van der Waals surface area contributed by atoms with Crippen molar-refractivity contribution in [2.45, 2.75) is 13.5 Å². The number of thiophene rings is 1. The maximum Gasteiger partial charge on any atom is 0.226 e. The molecular formula is C20H14ClFN2OS. The standard InChI is InChI=1S/C20H14ClFN2OS/c1-12-5-7-13(8-6-12)15-10-26-20-18(15)19(23-11-24-20)25-9-14-16(21)3-2-4-17(14)22/h2-8,10-11H,9H2,1H3. The van der Waals surface area contributed by atoms with Crippen LogP contribution < -0.4 is 4.74 Å². The first-order valence-electron chi connectivity index (χ1n) is 7.98. The molecule has 6 heteroatoms. The molecule has 4 rings (SSSR count). The van der Waals surface area contributed by atoms with E-state index in [0.29, 0.717) is 16.5 Å². The van der Waals surface area contributed by atoms with Gasteiger partial charge in [-0.1, -0.05) is 47.5 Å². The lowest BCUT2D eigenvalue weighted by atomic mass is 10.0. The van der Waals surface area contributed by atoms with E-state index in [1.165, 1.54) is 29.3 Å². The van der Waals surface area contributed by atoms with Crippen LogP contribution in [0.1, 0.15) is 11.1 Å². The summed E-state index contributed by atoms with van der Waals surface area (Å²) in [6.45, 7) is 2.05. The number of aryl methyl sites for hydroxylation is 1. The summed E-state index contributed by atoms with van der Waals surface area (Å²) in [5, 5.41) is 3.20. The minimum Gasteiger partial charge on any atom is -0.472 e. The van der Waals surface area contributed by atoms with Gasteiger partial charge < -0.3 is 4.74 Å². The van der Waals surface area contributed by atoms with Crippen molar-refractivity contribution in [1.29, 1.82) is 0 Å². The van der Waals surface area contributed by atoms with Gasteiger partial charge in [-0.05, 0) is 24.6 Å². The molecule has 0 unspecified atom stereocenters. The summed E-state index contributed by atoms with van der Waals surface area (Å²) in [5.41, 5.74) is 3.56. The molecular weight excluding hydrogens is 371 g/mol. The lowest BCUT2D eigenvalue weighted by Gasteiger charge is -2.10.